The van der Waals surface area contributed by atoms with Crippen molar-refractivity contribution in [1.29, 1.82) is 0 Å². The van der Waals surface area contributed by atoms with Crippen LogP contribution in [0.15, 0.2) is 0 Å². The second kappa shape index (κ2) is 3.25. The number of carbonyl (C=O) groups excluding carboxylic acids is 1. The Morgan fingerprint density at radius 1 is 1.60 bits per heavy atom. The molecule has 1 amide bonds. The third-order valence-corrected chi connectivity index (χ3v) is 2.22. The number of hydrazine groups is 1. The first-order chi connectivity index (χ1) is 4.39. The smallest absolute Gasteiger partial charge is 0.247 e. The number of hydrogen-bond acceptors (Lipinski definition) is 3. The van der Waals surface area contributed by atoms with Crippen molar-refractivity contribution in [3.63, 3.8) is 0 Å². The third kappa shape index (κ3) is 2.58. The van der Waals surface area contributed by atoms with E-state index in [9.17, 15) is 4.79 Å². The molecule has 3 N–H and O–H groups in total. The number of amides is 1. The van der Waals surface area contributed by atoms with E-state index in [-0.39, 0.29) is 16.6 Å². The van der Waals surface area contributed by atoms with Gasteiger partial charge in [-0.15, -0.1) is 0 Å². The topological polar surface area (TPSA) is 55.1 Å². The van der Waals surface area contributed by atoms with Crippen LogP contribution >= 0.6 is 12.6 Å². The molecule has 0 aromatic rings. The van der Waals surface area contributed by atoms with Gasteiger partial charge in [0.15, 0.2) is 0 Å². The first-order valence-electron chi connectivity index (χ1n) is 3.08. The predicted molar refractivity (Wildman–Crippen MR) is 44.6 cm³/mol. The molecule has 0 saturated heterocycles. The van der Waals surface area contributed by atoms with Gasteiger partial charge in [-0.2, -0.15) is 12.6 Å². The van der Waals surface area contributed by atoms with Gasteiger partial charge >= 0.3 is 0 Å². The summed E-state index contributed by atoms with van der Waals surface area (Å²) in [5.74, 6) is 4.68. The number of nitrogens with one attached hydrogen (secondary N) is 1. The lowest BCUT2D eigenvalue weighted by Gasteiger charge is -2.24. The van der Waals surface area contributed by atoms with Crippen molar-refractivity contribution in [3.8, 4) is 0 Å². The molecule has 3 nitrogen and oxygen atoms in total. The molecular weight excluding hydrogens is 148 g/mol. The van der Waals surface area contributed by atoms with E-state index in [4.69, 9.17) is 5.84 Å². The van der Waals surface area contributed by atoms with Crippen LogP contribution in [0, 0.1) is 5.41 Å². The zero-order chi connectivity index (χ0) is 8.36. The van der Waals surface area contributed by atoms with Crippen LogP contribution in [0.1, 0.15) is 20.8 Å². The minimum Gasteiger partial charge on any atom is -0.293 e. The molecule has 1 atom stereocenters. The Hall–Kier alpha value is -0.220. The van der Waals surface area contributed by atoms with E-state index < -0.39 is 0 Å². The minimum atomic E-state index is -0.350. The molecule has 0 aromatic carbocycles. The summed E-state index contributed by atoms with van der Waals surface area (Å²) in [6.07, 6.45) is 0. The molecule has 0 spiro atoms. The first-order valence-corrected chi connectivity index (χ1v) is 3.59. The molecule has 0 bridgehead atoms. The van der Waals surface area contributed by atoms with Crippen LogP contribution in [0.25, 0.3) is 0 Å². The average Bonchev–Trinajstić information content (AvgIpc) is 1.83. The zero-order valence-electron chi connectivity index (χ0n) is 6.51. The van der Waals surface area contributed by atoms with Gasteiger partial charge in [-0.1, -0.05) is 20.8 Å². The summed E-state index contributed by atoms with van der Waals surface area (Å²) in [6, 6.07) is 0. The first kappa shape index (κ1) is 9.78. The fourth-order valence-corrected chi connectivity index (χ4v) is 0.547. The highest BCUT2D eigenvalue weighted by Crippen LogP contribution is 2.23. The van der Waals surface area contributed by atoms with Crippen LogP contribution in [0.5, 0.6) is 0 Å². The summed E-state index contributed by atoms with van der Waals surface area (Å²) >= 11 is 4.09. The molecule has 0 heterocycles. The Labute approximate surface area is 66.7 Å². The van der Waals surface area contributed by atoms with Gasteiger partial charge in [0.2, 0.25) is 5.91 Å². The number of rotatable bonds is 1. The SMILES string of the molecule is CC(C)(C)C(S)C(=O)NN. The van der Waals surface area contributed by atoms with Crippen LogP contribution in [0.3, 0.4) is 0 Å². The Bertz CT molecular complexity index is 130. The summed E-state index contributed by atoms with van der Waals surface area (Å²) in [5.41, 5.74) is 1.91. The fourth-order valence-electron chi connectivity index (χ4n) is 0.472. The highest BCUT2D eigenvalue weighted by Gasteiger charge is 2.26. The number of nitrogens with two attached hydrogens (primary N) is 1. The van der Waals surface area contributed by atoms with Crippen molar-refractivity contribution in [2.24, 2.45) is 11.3 Å². The van der Waals surface area contributed by atoms with Gasteiger partial charge in [-0.25, -0.2) is 5.84 Å². The molecule has 4 heteroatoms. The van der Waals surface area contributed by atoms with Crippen molar-refractivity contribution in [1.82, 2.24) is 5.43 Å². The number of hydrogen-bond donors (Lipinski definition) is 3. The van der Waals surface area contributed by atoms with E-state index in [1.54, 1.807) is 0 Å². The van der Waals surface area contributed by atoms with Crippen molar-refractivity contribution in [2.45, 2.75) is 26.0 Å². The molecule has 0 aromatic heterocycles. The van der Waals surface area contributed by atoms with E-state index in [2.05, 4.69) is 18.1 Å². The molecule has 0 fully saturated rings. The van der Waals surface area contributed by atoms with Gasteiger partial charge in [-0.3, -0.25) is 10.2 Å². The van der Waals surface area contributed by atoms with Crippen LogP contribution < -0.4 is 11.3 Å². The molecule has 1 unspecified atom stereocenters. The van der Waals surface area contributed by atoms with Gasteiger partial charge in [0.25, 0.3) is 0 Å². The van der Waals surface area contributed by atoms with E-state index in [0.717, 1.165) is 0 Å². The highest BCUT2D eigenvalue weighted by molar-refractivity contribution is 7.81. The molecule has 0 radical (unpaired) electrons. The Balaban J connectivity index is 4.08. The fraction of sp³-hybridized carbons (Fsp3) is 0.833. The normalized spacial score (nSPS) is 14.5. The summed E-state index contributed by atoms with van der Waals surface area (Å²) in [4.78, 5) is 10.8. The van der Waals surface area contributed by atoms with E-state index in [0.29, 0.717) is 0 Å². The van der Waals surface area contributed by atoms with Gasteiger partial charge in [0, 0.05) is 0 Å². The highest BCUT2D eigenvalue weighted by atomic mass is 32.1. The molecule has 10 heavy (non-hydrogen) atoms. The Morgan fingerprint density at radius 2 is 2.00 bits per heavy atom. The minimum absolute atomic E-state index is 0.146. The van der Waals surface area contributed by atoms with E-state index >= 15 is 0 Å². The lowest BCUT2D eigenvalue weighted by Crippen LogP contribution is -2.42. The lowest BCUT2D eigenvalue weighted by atomic mass is 9.91. The van der Waals surface area contributed by atoms with Crippen molar-refractivity contribution in [2.75, 3.05) is 0 Å². The summed E-state index contributed by atoms with van der Waals surface area (Å²) in [5, 5.41) is -0.350. The molecule has 0 aliphatic carbocycles. The molecule has 0 aliphatic heterocycles. The molecule has 0 aliphatic rings. The van der Waals surface area contributed by atoms with Crippen LogP contribution in [0.4, 0.5) is 0 Å². The second-order valence-corrected chi connectivity index (χ2v) is 3.79. The average molecular weight is 162 g/mol. The van der Waals surface area contributed by atoms with E-state index in [1.807, 2.05) is 20.8 Å². The monoisotopic (exact) mass is 162 g/mol. The maximum atomic E-state index is 10.8. The molecule has 0 saturated carbocycles. The van der Waals surface area contributed by atoms with Crippen molar-refractivity contribution < 1.29 is 4.79 Å². The third-order valence-electron chi connectivity index (χ3n) is 1.21. The standard InChI is InChI=1S/C6H14N2OS/c1-6(2,3)4(10)5(9)8-7/h4,10H,7H2,1-3H3,(H,8,9). The van der Waals surface area contributed by atoms with Gasteiger partial charge in [0.05, 0.1) is 5.25 Å². The van der Waals surface area contributed by atoms with Crippen LogP contribution in [-0.2, 0) is 4.79 Å². The lowest BCUT2D eigenvalue weighted by molar-refractivity contribution is -0.122. The quantitative estimate of drug-likeness (QED) is 0.225. The van der Waals surface area contributed by atoms with Crippen molar-refractivity contribution in [3.05, 3.63) is 0 Å². The maximum absolute atomic E-state index is 10.8. The molecule has 0 rings (SSSR count). The number of thiol groups is 1. The maximum Gasteiger partial charge on any atom is 0.247 e. The van der Waals surface area contributed by atoms with Gasteiger partial charge in [0.1, 0.15) is 0 Å². The summed E-state index contributed by atoms with van der Waals surface area (Å²) in [7, 11) is 0. The number of carbonyl (C=O) groups is 1. The largest absolute Gasteiger partial charge is 0.293 e. The summed E-state index contributed by atoms with van der Waals surface area (Å²) in [6.45, 7) is 5.79. The van der Waals surface area contributed by atoms with Gasteiger partial charge in [-0.05, 0) is 5.41 Å². The van der Waals surface area contributed by atoms with Crippen molar-refractivity contribution >= 4 is 18.5 Å². The Morgan fingerprint density at radius 3 is 2.10 bits per heavy atom. The Kier molecular flexibility index (Phi) is 3.18. The second-order valence-electron chi connectivity index (χ2n) is 3.28. The zero-order valence-corrected chi connectivity index (χ0v) is 7.40. The van der Waals surface area contributed by atoms with Crippen LogP contribution in [-0.4, -0.2) is 11.2 Å². The van der Waals surface area contributed by atoms with E-state index in [1.165, 1.54) is 0 Å². The van der Waals surface area contributed by atoms with Gasteiger partial charge < -0.3 is 0 Å². The van der Waals surface area contributed by atoms with Crippen LogP contribution in [0.2, 0.25) is 0 Å². The molecule has 60 valence electrons. The predicted octanol–water partition coefficient (Wildman–Crippen LogP) is 0.321. The summed E-state index contributed by atoms with van der Waals surface area (Å²) < 4.78 is 0. The molecular formula is C6H14N2OS.